The molecule has 31 heavy (non-hydrogen) atoms. The molecule has 2 aliphatic rings. The maximum Gasteiger partial charge on any atom is 0.495 e. The number of fused-ring (bicyclic) bond motifs is 1. The van der Waals surface area contributed by atoms with E-state index in [-0.39, 0.29) is 10.7 Å². The number of hydrogen-bond acceptors (Lipinski definition) is 4. The van der Waals surface area contributed by atoms with E-state index in [0.29, 0.717) is 17.7 Å². The minimum absolute atomic E-state index is 0.0600. The normalized spacial score (nSPS) is 20.3. The molecule has 0 spiro atoms. The van der Waals surface area contributed by atoms with Gasteiger partial charge in [-0.25, -0.2) is 4.39 Å². The molecule has 0 aliphatic carbocycles. The molecule has 4 rings (SSSR count). The number of halogens is 2. The van der Waals surface area contributed by atoms with Gasteiger partial charge >= 0.3 is 7.12 Å². The molecule has 1 amide bonds. The van der Waals surface area contributed by atoms with Crippen LogP contribution in [0.2, 0.25) is 5.02 Å². The number of amides is 1. The Morgan fingerprint density at radius 1 is 1.06 bits per heavy atom. The van der Waals surface area contributed by atoms with Gasteiger partial charge in [-0.15, -0.1) is 0 Å². The molecule has 0 unspecified atom stereocenters. The molecule has 2 aromatic carbocycles. The van der Waals surface area contributed by atoms with Crippen LogP contribution in [0.1, 0.15) is 57.5 Å². The Kier molecular flexibility index (Phi) is 5.15. The molecule has 164 valence electrons. The number of hydrogen-bond donors (Lipinski definition) is 1. The van der Waals surface area contributed by atoms with Crippen LogP contribution in [0, 0.1) is 5.82 Å². The molecule has 0 atom stereocenters. The fourth-order valence-corrected chi connectivity index (χ4v) is 4.06. The topological polar surface area (TPSA) is 56.8 Å². The summed E-state index contributed by atoms with van der Waals surface area (Å²) in [5.74, 6) is -0.642. The predicted molar refractivity (Wildman–Crippen MR) is 120 cm³/mol. The summed E-state index contributed by atoms with van der Waals surface area (Å²) in [5.41, 5.74) is 0.451. The summed E-state index contributed by atoms with van der Waals surface area (Å²) in [7, 11) is -0.575. The fraction of sp³-hybridized carbons (Fsp3) is 0.435. The Hall–Kier alpha value is -2.09. The van der Waals surface area contributed by atoms with E-state index in [1.54, 1.807) is 6.07 Å². The largest absolute Gasteiger partial charge is 0.495 e. The van der Waals surface area contributed by atoms with Gasteiger partial charge in [0.1, 0.15) is 17.2 Å². The summed E-state index contributed by atoms with van der Waals surface area (Å²) in [4.78, 5) is 13.0. The molecule has 2 heterocycles. The molecule has 5 nitrogen and oxygen atoms in total. The van der Waals surface area contributed by atoms with Crippen molar-refractivity contribution in [2.24, 2.45) is 0 Å². The van der Waals surface area contributed by atoms with Crippen LogP contribution >= 0.6 is 11.6 Å². The van der Waals surface area contributed by atoms with Crippen LogP contribution in [0.3, 0.4) is 0 Å². The highest BCUT2D eigenvalue weighted by molar-refractivity contribution is 6.62. The van der Waals surface area contributed by atoms with E-state index in [0.717, 1.165) is 11.0 Å². The van der Waals surface area contributed by atoms with Crippen molar-refractivity contribution in [2.45, 2.75) is 64.8 Å². The fourth-order valence-electron chi connectivity index (χ4n) is 3.85. The molecular formula is C23H26BClFNO4. The van der Waals surface area contributed by atoms with Crippen molar-refractivity contribution < 1.29 is 23.2 Å². The Bertz CT molecular complexity index is 1030. The maximum absolute atomic E-state index is 14.2. The number of anilines is 1. The first-order chi connectivity index (χ1) is 14.3. The van der Waals surface area contributed by atoms with E-state index >= 15 is 0 Å². The van der Waals surface area contributed by atoms with Crippen LogP contribution < -0.4 is 15.5 Å². The number of benzene rings is 2. The quantitative estimate of drug-likeness (QED) is 0.693. The van der Waals surface area contributed by atoms with Gasteiger partial charge in [-0.1, -0.05) is 23.7 Å². The van der Waals surface area contributed by atoms with Crippen LogP contribution in [0.25, 0.3) is 0 Å². The molecule has 1 saturated heterocycles. The number of para-hydroxylation sites is 1. The molecule has 0 saturated carbocycles. The van der Waals surface area contributed by atoms with Crippen LogP contribution in [0.4, 0.5) is 10.1 Å². The molecule has 8 heteroatoms. The number of carbonyl (C=O) groups excluding carboxylic acids is 1. The van der Waals surface area contributed by atoms with Gasteiger partial charge < -0.3 is 19.4 Å². The third-order valence-corrected chi connectivity index (χ3v) is 6.55. The first-order valence-electron chi connectivity index (χ1n) is 10.3. The second kappa shape index (κ2) is 7.22. The van der Waals surface area contributed by atoms with Gasteiger partial charge in [0.2, 0.25) is 0 Å². The summed E-state index contributed by atoms with van der Waals surface area (Å²) >= 11 is 6.07. The van der Waals surface area contributed by atoms with Crippen LogP contribution in [0.5, 0.6) is 5.75 Å². The van der Waals surface area contributed by atoms with Crippen LogP contribution in [-0.4, -0.2) is 29.8 Å². The van der Waals surface area contributed by atoms with E-state index in [1.807, 2.05) is 47.6 Å². The average molecular weight is 446 g/mol. The summed E-state index contributed by atoms with van der Waals surface area (Å²) in [6.07, 6.45) is 0.587. The molecular weight excluding hydrogens is 420 g/mol. The van der Waals surface area contributed by atoms with Crippen molar-refractivity contribution in [1.82, 2.24) is 0 Å². The van der Waals surface area contributed by atoms with E-state index in [1.165, 1.54) is 18.2 Å². The number of rotatable bonds is 3. The summed E-state index contributed by atoms with van der Waals surface area (Å²) < 4.78 is 32.8. The van der Waals surface area contributed by atoms with E-state index in [4.69, 9.17) is 25.6 Å². The maximum atomic E-state index is 14.2. The van der Waals surface area contributed by atoms with E-state index < -0.39 is 35.6 Å². The van der Waals surface area contributed by atoms with Gasteiger partial charge in [0, 0.05) is 6.42 Å². The summed E-state index contributed by atoms with van der Waals surface area (Å²) in [6, 6.07) is 7.73. The molecule has 2 aromatic rings. The zero-order chi connectivity index (χ0) is 22.8. The highest BCUT2D eigenvalue weighted by atomic mass is 35.5. The van der Waals surface area contributed by atoms with E-state index in [2.05, 4.69) is 5.32 Å². The minimum Gasteiger partial charge on any atom is -0.486 e. The zero-order valence-corrected chi connectivity index (χ0v) is 19.3. The summed E-state index contributed by atoms with van der Waals surface area (Å²) in [6.45, 7) is 11.9. The van der Waals surface area contributed by atoms with Crippen molar-refractivity contribution >= 4 is 35.8 Å². The number of carbonyl (C=O) groups is 1. The molecule has 1 N–H and O–H groups in total. The number of ether oxygens (including phenoxy) is 1. The second-order valence-corrected chi connectivity index (χ2v) is 10.1. The van der Waals surface area contributed by atoms with Crippen molar-refractivity contribution in [1.29, 1.82) is 0 Å². The standard InChI is InChI=1S/C23H26BClFNO4/c1-21(2)12-14-15(24-30-22(3,4)23(5,6)31-24)11-10-13(19(14)29-21)20(28)27-18-16(25)8-7-9-17(18)26/h7-11H,12H2,1-6H3,(H,27,28). The van der Waals surface area contributed by atoms with Crippen molar-refractivity contribution in [3.05, 3.63) is 52.3 Å². The predicted octanol–water partition coefficient (Wildman–Crippen LogP) is 4.74. The van der Waals surface area contributed by atoms with Gasteiger partial charge in [0.15, 0.2) is 0 Å². The van der Waals surface area contributed by atoms with Crippen molar-refractivity contribution in [3.8, 4) is 5.75 Å². The van der Waals surface area contributed by atoms with Gasteiger partial charge in [-0.3, -0.25) is 4.79 Å². The Labute approximate surface area is 187 Å². The molecule has 0 bridgehead atoms. The van der Waals surface area contributed by atoms with Crippen LogP contribution in [-0.2, 0) is 15.7 Å². The monoisotopic (exact) mass is 445 g/mol. The van der Waals surface area contributed by atoms with Gasteiger partial charge in [-0.2, -0.15) is 0 Å². The molecule has 2 aliphatic heterocycles. The summed E-state index contributed by atoms with van der Waals surface area (Å²) in [5, 5.41) is 2.70. The minimum atomic E-state index is -0.604. The SMILES string of the molecule is CC1(C)Cc2c(B3OC(C)(C)C(C)(C)O3)ccc(C(=O)Nc3c(F)cccc3Cl)c2O1. The number of nitrogens with one attached hydrogen (secondary N) is 1. The average Bonchev–Trinajstić information content (AvgIpc) is 3.08. The molecule has 0 radical (unpaired) electrons. The second-order valence-electron chi connectivity index (χ2n) is 9.69. The Morgan fingerprint density at radius 2 is 1.71 bits per heavy atom. The van der Waals surface area contributed by atoms with Crippen molar-refractivity contribution in [3.63, 3.8) is 0 Å². The van der Waals surface area contributed by atoms with Gasteiger partial charge in [-0.05, 0) is 70.8 Å². The first-order valence-corrected chi connectivity index (χ1v) is 10.6. The Morgan fingerprint density at radius 3 is 2.32 bits per heavy atom. The zero-order valence-electron chi connectivity index (χ0n) is 18.6. The lowest BCUT2D eigenvalue weighted by atomic mass is 9.74. The highest BCUT2D eigenvalue weighted by Crippen LogP contribution is 2.41. The first kappa shape index (κ1) is 22.1. The lowest BCUT2D eigenvalue weighted by molar-refractivity contribution is 0.00578. The Balaban J connectivity index is 1.72. The van der Waals surface area contributed by atoms with Gasteiger partial charge in [0.05, 0.1) is 27.5 Å². The third kappa shape index (κ3) is 3.84. The third-order valence-electron chi connectivity index (χ3n) is 6.23. The molecule has 0 aromatic heterocycles. The smallest absolute Gasteiger partial charge is 0.486 e. The lowest BCUT2D eigenvalue weighted by Crippen LogP contribution is -2.41. The highest BCUT2D eigenvalue weighted by Gasteiger charge is 2.53. The van der Waals surface area contributed by atoms with Crippen molar-refractivity contribution in [2.75, 3.05) is 5.32 Å². The van der Waals surface area contributed by atoms with E-state index in [9.17, 15) is 9.18 Å². The lowest BCUT2D eigenvalue weighted by Gasteiger charge is -2.32. The van der Waals surface area contributed by atoms with Gasteiger partial charge in [0.25, 0.3) is 5.91 Å². The van der Waals surface area contributed by atoms with Crippen LogP contribution in [0.15, 0.2) is 30.3 Å². The molecule has 1 fully saturated rings.